The number of rotatable bonds is 6. The number of pyridine rings is 1. The number of ether oxygens (including phenoxy) is 1. The second kappa shape index (κ2) is 6.48. The maximum Gasteiger partial charge on any atom is 0.238 e. The van der Waals surface area contributed by atoms with E-state index in [1.807, 2.05) is 0 Å². The fourth-order valence-electron chi connectivity index (χ4n) is 1.40. The van der Waals surface area contributed by atoms with E-state index in [0.717, 1.165) is 0 Å². The zero-order valence-electron chi connectivity index (χ0n) is 10.8. The molecule has 0 bridgehead atoms. The molecule has 0 fully saturated rings. The standard InChI is InChI=1S/C11H17N3O4S/c1-8(11(15)14-5-6-18-2)19(16,17)10-3-4-13-7-9(10)12/h3-4,7-8H,5-6,12H2,1-2H3,(H,14,15). The highest BCUT2D eigenvalue weighted by molar-refractivity contribution is 7.93. The van der Waals surface area contributed by atoms with Gasteiger partial charge in [-0.3, -0.25) is 9.78 Å². The third-order valence-corrected chi connectivity index (χ3v) is 4.69. The number of anilines is 1. The zero-order valence-corrected chi connectivity index (χ0v) is 11.6. The molecule has 1 unspecified atom stereocenters. The summed E-state index contributed by atoms with van der Waals surface area (Å²) < 4.78 is 29.2. The summed E-state index contributed by atoms with van der Waals surface area (Å²) in [6.45, 7) is 1.88. The van der Waals surface area contributed by atoms with Gasteiger partial charge in [-0.25, -0.2) is 8.42 Å². The van der Waals surface area contributed by atoms with Crippen LogP contribution in [0.15, 0.2) is 23.4 Å². The lowest BCUT2D eigenvalue weighted by molar-refractivity contribution is -0.120. The summed E-state index contributed by atoms with van der Waals surface area (Å²) in [5.74, 6) is -0.590. The van der Waals surface area contributed by atoms with Gasteiger partial charge in [-0.2, -0.15) is 0 Å². The van der Waals surface area contributed by atoms with E-state index >= 15 is 0 Å². The topological polar surface area (TPSA) is 111 Å². The van der Waals surface area contributed by atoms with Crippen molar-refractivity contribution in [3.05, 3.63) is 18.5 Å². The minimum atomic E-state index is -3.82. The Hall–Kier alpha value is -1.67. The molecule has 0 saturated heterocycles. The van der Waals surface area contributed by atoms with Gasteiger partial charge in [0, 0.05) is 19.9 Å². The van der Waals surface area contributed by atoms with E-state index in [1.165, 1.54) is 32.5 Å². The molecule has 0 aromatic carbocycles. The van der Waals surface area contributed by atoms with Crippen LogP contribution < -0.4 is 11.1 Å². The number of nitrogens with one attached hydrogen (secondary N) is 1. The minimum absolute atomic E-state index is 0.0269. The van der Waals surface area contributed by atoms with Gasteiger partial charge in [0.25, 0.3) is 0 Å². The summed E-state index contributed by atoms with van der Waals surface area (Å²) in [6.07, 6.45) is 2.56. The zero-order chi connectivity index (χ0) is 14.5. The monoisotopic (exact) mass is 287 g/mol. The number of nitrogens with zero attached hydrogens (tertiary/aromatic N) is 1. The Morgan fingerprint density at radius 1 is 1.58 bits per heavy atom. The SMILES string of the molecule is COCCNC(=O)C(C)S(=O)(=O)c1ccncc1N. The number of nitrogen functional groups attached to an aromatic ring is 1. The number of amides is 1. The van der Waals surface area contributed by atoms with Crippen LogP contribution in [0.3, 0.4) is 0 Å². The first kappa shape index (κ1) is 15.4. The van der Waals surface area contributed by atoms with Crippen molar-refractivity contribution in [2.75, 3.05) is 26.0 Å². The molecule has 8 heteroatoms. The molecule has 0 aliphatic carbocycles. The first-order chi connectivity index (χ1) is 8.91. The van der Waals surface area contributed by atoms with Gasteiger partial charge in [-0.15, -0.1) is 0 Å². The molecule has 19 heavy (non-hydrogen) atoms. The van der Waals surface area contributed by atoms with E-state index in [2.05, 4.69) is 10.3 Å². The number of hydrogen-bond acceptors (Lipinski definition) is 6. The molecule has 1 aromatic rings. The highest BCUT2D eigenvalue weighted by Crippen LogP contribution is 2.21. The summed E-state index contributed by atoms with van der Waals surface area (Å²) in [5, 5.41) is 1.25. The Morgan fingerprint density at radius 3 is 2.84 bits per heavy atom. The van der Waals surface area contributed by atoms with Crippen LogP contribution in [0.25, 0.3) is 0 Å². The lowest BCUT2D eigenvalue weighted by Gasteiger charge is -2.14. The molecular weight excluding hydrogens is 270 g/mol. The average molecular weight is 287 g/mol. The Morgan fingerprint density at radius 2 is 2.26 bits per heavy atom. The van der Waals surface area contributed by atoms with Crippen molar-refractivity contribution in [2.24, 2.45) is 0 Å². The van der Waals surface area contributed by atoms with Crippen molar-refractivity contribution in [3.63, 3.8) is 0 Å². The molecule has 0 aliphatic heterocycles. The number of hydrogen-bond donors (Lipinski definition) is 2. The van der Waals surface area contributed by atoms with Crippen molar-refractivity contribution >= 4 is 21.4 Å². The maximum absolute atomic E-state index is 12.2. The van der Waals surface area contributed by atoms with E-state index in [0.29, 0.717) is 6.61 Å². The lowest BCUT2D eigenvalue weighted by atomic mass is 10.4. The average Bonchev–Trinajstić information content (AvgIpc) is 2.38. The van der Waals surface area contributed by atoms with Gasteiger partial charge in [-0.05, 0) is 13.0 Å². The second-order valence-corrected chi connectivity index (χ2v) is 6.12. The maximum atomic E-state index is 12.2. The Kier molecular flexibility index (Phi) is 5.25. The first-order valence-corrected chi connectivity index (χ1v) is 7.16. The molecule has 1 amide bonds. The van der Waals surface area contributed by atoms with Crippen LogP contribution in [-0.4, -0.2) is 44.8 Å². The van der Waals surface area contributed by atoms with Gasteiger partial charge in [0.15, 0.2) is 9.84 Å². The normalized spacial score (nSPS) is 12.9. The smallest absolute Gasteiger partial charge is 0.238 e. The van der Waals surface area contributed by atoms with Crippen LogP contribution in [0.2, 0.25) is 0 Å². The van der Waals surface area contributed by atoms with Crippen molar-refractivity contribution in [1.29, 1.82) is 0 Å². The van der Waals surface area contributed by atoms with Crippen LogP contribution in [0, 0.1) is 0 Å². The van der Waals surface area contributed by atoms with Crippen molar-refractivity contribution in [1.82, 2.24) is 10.3 Å². The number of sulfone groups is 1. The van der Waals surface area contributed by atoms with Crippen LogP contribution in [0.4, 0.5) is 5.69 Å². The molecule has 1 atom stereocenters. The van der Waals surface area contributed by atoms with Crippen LogP contribution in [-0.2, 0) is 19.4 Å². The number of carbonyl (C=O) groups excluding carboxylic acids is 1. The van der Waals surface area contributed by atoms with Gasteiger partial charge in [0.2, 0.25) is 5.91 Å². The molecule has 0 aliphatic rings. The third-order valence-electron chi connectivity index (χ3n) is 2.56. The van der Waals surface area contributed by atoms with E-state index in [9.17, 15) is 13.2 Å². The molecule has 0 radical (unpaired) electrons. The number of nitrogens with two attached hydrogens (primary N) is 1. The van der Waals surface area contributed by atoms with Gasteiger partial charge in [-0.1, -0.05) is 0 Å². The molecule has 1 heterocycles. The number of methoxy groups -OCH3 is 1. The van der Waals surface area contributed by atoms with Gasteiger partial charge in [0.05, 0.1) is 23.4 Å². The third kappa shape index (κ3) is 3.65. The molecule has 1 aromatic heterocycles. The number of carbonyl (C=O) groups is 1. The minimum Gasteiger partial charge on any atom is -0.396 e. The number of aromatic nitrogens is 1. The largest absolute Gasteiger partial charge is 0.396 e. The summed E-state index contributed by atoms with van der Waals surface area (Å²) in [7, 11) is -2.33. The Labute approximate surface area is 112 Å². The summed E-state index contributed by atoms with van der Waals surface area (Å²) in [6, 6.07) is 1.28. The molecular formula is C11H17N3O4S. The lowest BCUT2D eigenvalue weighted by Crippen LogP contribution is -2.39. The van der Waals surface area contributed by atoms with Gasteiger partial charge >= 0.3 is 0 Å². The Balaban J connectivity index is 2.89. The molecule has 7 nitrogen and oxygen atoms in total. The van der Waals surface area contributed by atoms with Gasteiger partial charge < -0.3 is 15.8 Å². The molecule has 0 saturated carbocycles. The van der Waals surface area contributed by atoms with Crippen molar-refractivity contribution < 1.29 is 17.9 Å². The summed E-state index contributed by atoms with van der Waals surface area (Å²) in [4.78, 5) is 15.4. The van der Waals surface area contributed by atoms with Crippen molar-refractivity contribution in [3.8, 4) is 0 Å². The van der Waals surface area contributed by atoms with Crippen LogP contribution in [0.1, 0.15) is 6.92 Å². The fourth-order valence-corrected chi connectivity index (χ4v) is 2.78. The molecule has 1 rings (SSSR count). The predicted molar refractivity (Wildman–Crippen MR) is 70.2 cm³/mol. The predicted octanol–water partition coefficient (Wildman–Crippen LogP) is -0.411. The molecule has 0 spiro atoms. The molecule has 3 N–H and O–H groups in total. The van der Waals surface area contributed by atoms with Crippen LogP contribution >= 0.6 is 0 Å². The van der Waals surface area contributed by atoms with Crippen molar-refractivity contribution in [2.45, 2.75) is 17.1 Å². The highest BCUT2D eigenvalue weighted by Gasteiger charge is 2.30. The highest BCUT2D eigenvalue weighted by atomic mass is 32.2. The fraction of sp³-hybridized carbons (Fsp3) is 0.455. The van der Waals surface area contributed by atoms with Crippen LogP contribution in [0.5, 0.6) is 0 Å². The summed E-state index contributed by atoms with van der Waals surface area (Å²) in [5.41, 5.74) is 5.60. The van der Waals surface area contributed by atoms with E-state index in [4.69, 9.17) is 10.5 Å². The summed E-state index contributed by atoms with van der Waals surface area (Å²) >= 11 is 0. The molecule has 106 valence electrons. The Bertz CT molecular complexity index is 545. The van der Waals surface area contributed by atoms with E-state index in [1.54, 1.807) is 0 Å². The first-order valence-electron chi connectivity index (χ1n) is 5.61. The quantitative estimate of drug-likeness (QED) is 0.688. The second-order valence-electron chi connectivity index (χ2n) is 3.88. The van der Waals surface area contributed by atoms with E-state index < -0.39 is 21.0 Å². The van der Waals surface area contributed by atoms with Gasteiger partial charge in [0.1, 0.15) is 5.25 Å². The van der Waals surface area contributed by atoms with E-state index in [-0.39, 0.29) is 17.1 Å².